The van der Waals surface area contributed by atoms with Crippen molar-refractivity contribution in [3.63, 3.8) is 0 Å². The van der Waals surface area contributed by atoms with E-state index in [1.807, 2.05) is 6.92 Å². The van der Waals surface area contributed by atoms with E-state index < -0.39 is 17.8 Å². The van der Waals surface area contributed by atoms with Crippen LogP contribution in [0.1, 0.15) is 20.3 Å². The number of likely N-dealkylation sites (N-methyl/N-ethyl adjacent to an activating group) is 1. The minimum Gasteiger partial charge on any atom is -0.324 e. The SMILES string of the molecule is C[C@@H](C(=O)Nc1ccccc1F)N(C)CC(=O)N1c2ccccc2NC(=O)C[C@@H]1C. The van der Waals surface area contributed by atoms with E-state index in [1.165, 1.54) is 12.1 Å². The highest BCUT2D eigenvalue weighted by atomic mass is 19.1. The van der Waals surface area contributed by atoms with Gasteiger partial charge in [0.25, 0.3) is 0 Å². The van der Waals surface area contributed by atoms with Gasteiger partial charge in [0, 0.05) is 12.5 Å². The quantitative estimate of drug-likeness (QED) is 0.791. The lowest BCUT2D eigenvalue weighted by molar-refractivity contribution is -0.123. The third-order valence-corrected chi connectivity index (χ3v) is 5.18. The molecule has 30 heavy (non-hydrogen) atoms. The molecule has 0 fully saturated rings. The molecule has 0 saturated carbocycles. The molecule has 0 bridgehead atoms. The third-order valence-electron chi connectivity index (χ3n) is 5.18. The van der Waals surface area contributed by atoms with Crippen molar-refractivity contribution in [1.82, 2.24) is 4.90 Å². The summed E-state index contributed by atoms with van der Waals surface area (Å²) in [7, 11) is 1.65. The summed E-state index contributed by atoms with van der Waals surface area (Å²) in [6, 6.07) is 12.0. The summed E-state index contributed by atoms with van der Waals surface area (Å²) in [5.41, 5.74) is 1.29. The Morgan fingerprint density at radius 3 is 2.63 bits per heavy atom. The Kier molecular flexibility index (Phi) is 6.47. The topological polar surface area (TPSA) is 81.8 Å². The minimum atomic E-state index is -0.675. The molecular formula is C22H25FN4O3. The lowest BCUT2D eigenvalue weighted by Gasteiger charge is -2.31. The van der Waals surface area contributed by atoms with Gasteiger partial charge in [-0.3, -0.25) is 19.3 Å². The van der Waals surface area contributed by atoms with E-state index in [-0.39, 0.29) is 36.5 Å². The Morgan fingerprint density at radius 1 is 1.23 bits per heavy atom. The van der Waals surface area contributed by atoms with Crippen LogP contribution in [-0.2, 0) is 14.4 Å². The number of rotatable bonds is 5. The highest BCUT2D eigenvalue weighted by molar-refractivity contribution is 6.05. The van der Waals surface area contributed by atoms with Crippen molar-refractivity contribution in [2.24, 2.45) is 0 Å². The van der Waals surface area contributed by atoms with Crippen LogP contribution in [0.4, 0.5) is 21.5 Å². The smallest absolute Gasteiger partial charge is 0.241 e. The molecule has 0 unspecified atom stereocenters. The van der Waals surface area contributed by atoms with Crippen LogP contribution in [0.2, 0.25) is 0 Å². The van der Waals surface area contributed by atoms with Crippen LogP contribution >= 0.6 is 0 Å². The standard InChI is InChI=1S/C22H25FN4O3/c1-14-12-20(28)24-18-10-6-7-11-19(18)27(14)21(29)13-26(3)15(2)22(30)25-17-9-5-4-8-16(17)23/h4-11,14-15H,12-13H2,1-3H3,(H,24,28)(H,25,30)/t14-,15-/m0/s1. The monoisotopic (exact) mass is 412 g/mol. The normalized spacial score (nSPS) is 17.0. The van der Waals surface area contributed by atoms with Crippen molar-refractivity contribution in [3.8, 4) is 0 Å². The van der Waals surface area contributed by atoms with Crippen LogP contribution in [0, 0.1) is 5.82 Å². The molecule has 158 valence electrons. The highest BCUT2D eigenvalue weighted by Crippen LogP contribution is 2.31. The summed E-state index contributed by atoms with van der Waals surface area (Å²) in [6.07, 6.45) is 0.174. The summed E-state index contributed by atoms with van der Waals surface area (Å²) in [4.78, 5) is 40.9. The lowest BCUT2D eigenvalue weighted by atomic mass is 10.1. The Labute approximate surface area is 174 Å². The van der Waals surface area contributed by atoms with Crippen LogP contribution in [0.5, 0.6) is 0 Å². The fourth-order valence-corrected chi connectivity index (χ4v) is 3.39. The first-order valence-corrected chi connectivity index (χ1v) is 9.74. The van der Waals surface area contributed by atoms with Gasteiger partial charge in [-0.15, -0.1) is 0 Å². The maximum atomic E-state index is 13.8. The Balaban J connectivity index is 1.72. The van der Waals surface area contributed by atoms with Gasteiger partial charge in [0.15, 0.2) is 0 Å². The van der Waals surface area contributed by atoms with E-state index in [1.54, 1.807) is 60.2 Å². The number of carbonyl (C=O) groups is 3. The molecule has 8 heteroatoms. The maximum absolute atomic E-state index is 13.8. The summed E-state index contributed by atoms with van der Waals surface area (Å²) in [5, 5.41) is 5.37. The second kappa shape index (κ2) is 9.04. The van der Waals surface area contributed by atoms with E-state index in [9.17, 15) is 18.8 Å². The van der Waals surface area contributed by atoms with Gasteiger partial charge in [0.2, 0.25) is 17.7 Å². The zero-order chi connectivity index (χ0) is 21.8. The van der Waals surface area contributed by atoms with E-state index in [4.69, 9.17) is 0 Å². The van der Waals surface area contributed by atoms with Crippen molar-refractivity contribution in [2.45, 2.75) is 32.4 Å². The summed E-state index contributed by atoms with van der Waals surface area (Å²) in [6.45, 7) is 3.42. The molecule has 2 aromatic rings. The molecule has 0 spiro atoms. The van der Waals surface area contributed by atoms with Gasteiger partial charge in [0.1, 0.15) is 5.82 Å². The van der Waals surface area contributed by atoms with Crippen molar-refractivity contribution in [1.29, 1.82) is 0 Å². The number of fused-ring (bicyclic) bond motifs is 1. The average molecular weight is 412 g/mol. The number of anilines is 3. The van der Waals surface area contributed by atoms with Gasteiger partial charge in [-0.25, -0.2) is 4.39 Å². The van der Waals surface area contributed by atoms with Crippen LogP contribution in [-0.4, -0.2) is 48.3 Å². The second-order valence-corrected chi connectivity index (χ2v) is 7.44. The van der Waals surface area contributed by atoms with Crippen molar-refractivity contribution in [3.05, 3.63) is 54.3 Å². The number of nitrogens with zero attached hydrogens (tertiary/aromatic N) is 2. The average Bonchev–Trinajstić information content (AvgIpc) is 2.83. The van der Waals surface area contributed by atoms with E-state index in [2.05, 4.69) is 10.6 Å². The number of amides is 3. The molecule has 2 aromatic carbocycles. The molecule has 3 rings (SSSR count). The largest absolute Gasteiger partial charge is 0.324 e. The van der Waals surface area contributed by atoms with Crippen molar-refractivity contribution < 1.29 is 18.8 Å². The third kappa shape index (κ3) is 4.65. The Bertz CT molecular complexity index is 965. The molecule has 1 aliphatic rings. The molecule has 0 saturated heterocycles. The molecule has 7 nitrogen and oxygen atoms in total. The fraction of sp³-hybridized carbons (Fsp3) is 0.318. The first kappa shape index (κ1) is 21.4. The van der Waals surface area contributed by atoms with E-state index in [0.717, 1.165) is 0 Å². The first-order chi connectivity index (χ1) is 14.3. The second-order valence-electron chi connectivity index (χ2n) is 7.44. The van der Waals surface area contributed by atoms with Gasteiger partial charge in [0.05, 0.1) is 29.6 Å². The predicted octanol–water partition coefficient (Wildman–Crippen LogP) is 2.85. The van der Waals surface area contributed by atoms with Crippen LogP contribution in [0.15, 0.2) is 48.5 Å². The number of benzene rings is 2. The van der Waals surface area contributed by atoms with Crippen LogP contribution in [0.25, 0.3) is 0 Å². The Hall–Kier alpha value is -3.26. The number of para-hydroxylation sites is 3. The number of carbonyl (C=O) groups excluding carboxylic acids is 3. The van der Waals surface area contributed by atoms with Gasteiger partial charge < -0.3 is 15.5 Å². The highest BCUT2D eigenvalue weighted by Gasteiger charge is 2.31. The molecule has 2 N–H and O–H groups in total. The number of halogens is 1. The van der Waals surface area contributed by atoms with Gasteiger partial charge in [-0.05, 0) is 45.2 Å². The molecule has 0 aliphatic carbocycles. The lowest BCUT2D eigenvalue weighted by Crippen LogP contribution is -2.48. The number of hydrogen-bond donors (Lipinski definition) is 2. The number of nitrogens with one attached hydrogen (secondary N) is 2. The molecular weight excluding hydrogens is 387 g/mol. The molecule has 0 aromatic heterocycles. The molecule has 3 amide bonds. The first-order valence-electron chi connectivity index (χ1n) is 9.74. The van der Waals surface area contributed by atoms with Gasteiger partial charge in [-0.2, -0.15) is 0 Å². The molecule has 1 aliphatic heterocycles. The van der Waals surface area contributed by atoms with Gasteiger partial charge in [-0.1, -0.05) is 24.3 Å². The van der Waals surface area contributed by atoms with E-state index >= 15 is 0 Å². The van der Waals surface area contributed by atoms with Crippen molar-refractivity contribution in [2.75, 3.05) is 29.1 Å². The van der Waals surface area contributed by atoms with Crippen LogP contribution < -0.4 is 15.5 Å². The summed E-state index contributed by atoms with van der Waals surface area (Å²) >= 11 is 0. The zero-order valence-corrected chi connectivity index (χ0v) is 17.2. The fourth-order valence-electron chi connectivity index (χ4n) is 3.39. The summed E-state index contributed by atoms with van der Waals surface area (Å²) < 4.78 is 13.8. The van der Waals surface area contributed by atoms with E-state index in [0.29, 0.717) is 11.4 Å². The number of hydrogen-bond acceptors (Lipinski definition) is 4. The Morgan fingerprint density at radius 2 is 1.90 bits per heavy atom. The van der Waals surface area contributed by atoms with Crippen molar-refractivity contribution >= 4 is 34.8 Å². The zero-order valence-electron chi connectivity index (χ0n) is 17.2. The molecule has 1 heterocycles. The summed E-state index contributed by atoms with van der Waals surface area (Å²) in [5.74, 6) is -1.34. The molecule has 0 radical (unpaired) electrons. The predicted molar refractivity (Wildman–Crippen MR) is 114 cm³/mol. The maximum Gasteiger partial charge on any atom is 0.241 e. The van der Waals surface area contributed by atoms with Crippen LogP contribution in [0.3, 0.4) is 0 Å². The minimum absolute atomic E-state index is 0.0429. The molecule has 2 atom stereocenters. The van der Waals surface area contributed by atoms with Gasteiger partial charge >= 0.3 is 0 Å².